The zero-order valence-corrected chi connectivity index (χ0v) is 12.1. The monoisotopic (exact) mass is 253 g/mol. The Hall–Kier alpha value is -1.59. The van der Waals surface area contributed by atoms with Gasteiger partial charge in [-0.15, -0.1) is 0 Å². The number of nitrogens with one attached hydrogen (secondary N) is 1. The summed E-state index contributed by atoms with van der Waals surface area (Å²) in [5.41, 5.74) is 0. The summed E-state index contributed by atoms with van der Waals surface area (Å²) in [5, 5.41) is 3.09. The molecule has 1 rings (SSSR count). The zero-order valence-electron chi connectivity index (χ0n) is 12.1. The Morgan fingerprint density at radius 3 is 2.33 bits per heavy atom. The highest BCUT2D eigenvalue weighted by atomic mass is 16.5. The summed E-state index contributed by atoms with van der Waals surface area (Å²) in [4.78, 5) is 14.9. The highest BCUT2D eigenvalue weighted by Gasteiger charge is 2.13. The molecule has 1 aromatic heterocycles. The Morgan fingerprint density at radius 2 is 1.83 bits per heavy atom. The van der Waals surface area contributed by atoms with E-state index in [0.29, 0.717) is 23.9 Å². The van der Waals surface area contributed by atoms with Crippen LogP contribution in [0.5, 0.6) is 6.01 Å². The molecule has 0 saturated carbocycles. The first-order chi connectivity index (χ1) is 8.43. The molecule has 0 aliphatic rings. The average Bonchev–Trinajstić information content (AvgIpc) is 2.27. The molecular formula is C12H23N5O. The molecule has 0 bridgehead atoms. The van der Waals surface area contributed by atoms with Crippen molar-refractivity contribution in [2.75, 3.05) is 23.8 Å². The SMILES string of the molecule is CCNc1nc(OC(C)C)nc(N(C)C(C)C)n1. The van der Waals surface area contributed by atoms with E-state index in [1.807, 2.05) is 32.7 Å². The first-order valence-corrected chi connectivity index (χ1v) is 6.33. The van der Waals surface area contributed by atoms with E-state index in [9.17, 15) is 0 Å². The smallest absolute Gasteiger partial charge is 0.323 e. The van der Waals surface area contributed by atoms with Gasteiger partial charge in [-0.1, -0.05) is 0 Å². The van der Waals surface area contributed by atoms with Gasteiger partial charge in [-0.3, -0.25) is 0 Å². The molecule has 0 aliphatic heterocycles. The Balaban J connectivity index is 3.05. The summed E-state index contributed by atoms with van der Waals surface area (Å²) < 4.78 is 5.54. The minimum absolute atomic E-state index is 0.0408. The Bertz CT molecular complexity index is 381. The lowest BCUT2D eigenvalue weighted by molar-refractivity contribution is 0.222. The van der Waals surface area contributed by atoms with E-state index in [1.54, 1.807) is 0 Å². The maximum Gasteiger partial charge on any atom is 0.323 e. The van der Waals surface area contributed by atoms with Crippen LogP contribution in [0.15, 0.2) is 0 Å². The molecule has 0 atom stereocenters. The molecule has 1 N–H and O–H groups in total. The summed E-state index contributed by atoms with van der Waals surface area (Å²) in [6.07, 6.45) is 0.0408. The number of ether oxygens (including phenoxy) is 1. The van der Waals surface area contributed by atoms with E-state index in [-0.39, 0.29) is 6.10 Å². The van der Waals surface area contributed by atoms with Gasteiger partial charge in [-0.2, -0.15) is 15.0 Å². The standard InChI is InChI=1S/C12H23N5O/c1-7-13-10-14-11(17(6)8(2)3)16-12(15-10)18-9(4)5/h8-9H,7H2,1-6H3,(H,13,14,15,16). The third-order valence-corrected chi connectivity index (χ3v) is 2.37. The molecule has 1 heterocycles. The highest BCUT2D eigenvalue weighted by Crippen LogP contribution is 2.16. The molecule has 0 aliphatic carbocycles. The van der Waals surface area contributed by atoms with Gasteiger partial charge in [-0.25, -0.2) is 0 Å². The Labute approximate surface area is 109 Å². The van der Waals surface area contributed by atoms with Crippen LogP contribution >= 0.6 is 0 Å². The number of aromatic nitrogens is 3. The maximum atomic E-state index is 5.54. The third-order valence-electron chi connectivity index (χ3n) is 2.37. The maximum absolute atomic E-state index is 5.54. The van der Waals surface area contributed by atoms with Crippen LogP contribution in [-0.4, -0.2) is 40.7 Å². The van der Waals surface area contributed by atoms with Gasteiger partial charge in [0.1, 0.15) is 0 Å². The minimum Gasteiger partial charge on any atom is -0.461 e. The molecule has 6 heteroatoms. The molecule has 102 valence electrons. The van der Waals surface area contributed by atoms with Gasteiger partial charge in [-0.05, 0) is 34.6 Å². The van der Waals surface area contributed by atoms with Crippen LogP contribution in [0.3, 0.4) is 0 Å². The molecule has 0 amide bonds. The molecule has 0 aromatic carbocycles. The van der Waals surface area contributed by atoms with Crippen LogP contribution in [0, 0.1) is 0 Å². The molecule has 6 nitrogen and oxygen atoms in total. The molecule has 0 saturated heterocycles. The van der Waals surface area contributed by atoms with E-state index < -0.39 is 0 Å². The van der Waals surface area contributed by atoms with Crippen LogP contribution in [-0.2, 0) is 0 Å². The molecule has 0 spiro atoms. The molecular weight excluding hydrogens is 230 g/mol. The molecule has 18 heavy (non-hydrogen) atoms. The van der Waals surface area contributed by atoms with Crippen LogP contribution < -0.4 is 15.0 Å². The van der Waals surface area contributed by atoms with Crippen molar-refractivity contribution in [3.63, 3.8) is 0 Å². The van der Waals surface area contributed by atoms with Crippen LogP contribution in [0.2, 0.25) is 0 Å². The molecule has 0 unspecified atom stereocenters. The normalized spacial score (nSPS) is 10.9. The van der Waals surface area contributed by atoms with Crippen molar-refractivity contribution in [2.24, 2.45) is 0 Å². The number of anilines is 2. The number of hydrogen-bond acceptors (Lipinski definition) is 6. The largest absolute Gasteiger partial charge is 0.461 e. The van der Waals surface area contributed by atoms with E-state index in [4.69, 9.17) is 4.74 Å². The fourth-order valence-corrected chi connectivity index (χ4v) is 1.24. The van der Waals surface area contributed by atoms with Gasteiger partial charge < -0.3 is 15.0 Å². The first-order valence-electron chi connectivity index (χ1n) is 6.33. The summed E-state index contributed by atoms with van der Waals surface area (Å²) in [7, 11) is 1.95. The number of hydrogen-bond donors (Lipinski definition) is 1. The summed E-state index contributed by atoms with van der Waals surface area (Å²) >= 11 is 0. The molecule has 1 aromatic rings. The number of rotatable bonds is 6. The first kappa shape index (κ1) is 14.5. The summed E-state index contributed by atoms with van der Waals surface area (Å²) in [6, 6.07) is 0.673. The lowest BCUT2D eigenvalue weighted by atomic mass is 10.4. The van der Waals surface area contributed by atoms with Crippen molar-refractivity contribution in [3.8, 4) is 6.01 Å². The lowest BCUT2D eigenvalue weighted by Gasteiger charge is -2.22. The zero-order chi connectivity index (χ0) is 13.7. The predicted molar refractivity (Wildman–Crippen MR) is 73.3 cm³/mol. The molecule has 0 fully saturated rings. The van der Waals surface area contributed by atoms with Gasteiger partial charge in [0.2, 0.25) is 11.9 Å². The van der Waals surface area contributed by atoms with Crippen LogP contribution in [0.1, 0.15) is 34.6 Å². The van der Waals surface area contributed by atoms with Crippen molar-refractivity contribution in [1.29, 1.82) is 0 Å². The van der Waals surface area contributed by atoms with Gasteiger partial charge in [0, 0.05) is 19.6 Å². The van der Waals surface area contributed by atoms with Gasteiger partial charge in [0.15, 0.2) is 0 Å². The number of nitrogens with zero attached hydrogens (tertiary/aromatic N) is 4. The van der Waals surface area contributed by atoms with Crippen molar-refractivity contribution in [1.82, 2.24) is 15.0 Å². The third kappa shape index (κ3) is 4.01. The minimum atomic E-state index is 0.0408. The van der Waals surface area contributed by atoms with Gasteiger partial charge >= 0.3 is 6.01 Å². The van der Waals surface area contributed by atoms with Gasteiger partial charge in [0.25, 0.3) is 0 Å². The Morgan fingerprint density at radius 1 is 1.17 bits per heavy atom. The van der Waals surface area contributed by atoms with Crippen molar-refractivity contribution < 1.29 is 4.74 Å². The van der Waals surface area contributed by atoms with Crippen molar-refractivity contribution in [2.45, 2.75) is 46.8 Å². The molecule has 0 radical (unpaired) electrons. The second-order valence-corrected chi connectivity index (χ2v) is 4.64. The van der Waals surface area contributed by atoms with E-state index in [2.05, 4.69) is 34.1 Å². The highest BCUT2D eigenvalue weighted by molar-refractivity contribution is 5.38. The average molecular weight is 253 g/mol. The van der Waals surface area contributed by atoms with E-state index in [0.717, 1.165) is 6.54 Å². The quantitative estimate of drug-likeness (QED) is 0.836. The fraction of sp³-hybridized carbons (Fsp3) is 0.750. The van der Waals surface area contributed by atoms with Crippen molar-refractivity contribution in [3.05, 3.63) is 0 Å². The van der Waals surface area contributed by atoms with Crippen LogP contribution in [0.25, 0.3) is 0 Å². The van der Waals surface area contributed by atoms with Crippen LogP contribution in [0.4, 0.5) is 11.9 Å². The van der Waals surface area contributed by atoms with Crippen molar-refractivity contribution >= 4 is 11.9 Å². The predicted octanol–water partition coefficient (Wildman–Crippen LogP) is 1.94. The summed E-state index contributed by atoms with van der Waals surface area (Å²) in [6.45, 7) is 10.8. The topological polar surface area (TPSA) is 63.2 Å². The fourth-order valence-electron chi connectivity index (χ4n) is 1.24. The Kier molecular flexibility index (Phi) is 5.12. The van der Waals surface area contributed by atoms with Gasteiger partial charge in [0.05, 0.1) is 6.10 Å². The second kappa shape index (κ2) is 6.37. The van der Waals surface area contributed by atoms with E-state index in [1.165, 1.54) is 0 Å². The lowest BCUT2D eigenvalue weighted by Crippen LogP contribution is -2.28. The van der Waals surface area contributed by atoms with E-state index >= 15 is 0 Å². The second-order valence-electron chi connectivity index (χ2n) is 4.64. The summed E-state index contributed by atoms with van der Waals surface area (Å²) in [5.74, 6) is 1.16.